The number of halogens is 2. The summed E-state index contributed by atoms with van der Waals surface area (Å²) >= 11 is 0. The maximum Gasteiger partial charge on any atom is 0.387 e. The minimum absolute atomic E-state index is 0.178. The molecular formula is C20H32F2N4O2. The minimum atomic E-state index is -2.85. The van der Waals surface area contributed by atoms with Crippen molar-refractivity contribution < 1.29 is 18.3 Å². The van der Waals surface area contributed by atoms with Crippen molar-refractivity contribution in [2.24, 2.45) is 10.9 Å². The van der Waals surface area contributed by atoms with Crippen LogP contribution in [0.1, 0.15) is 25.0 Å². The SMILES string of the molecule is CN=C(NCc1cc(C)ccc1OC(F)F)NCC(C(C)C)N1CCOCC1. The fourth-order valence-electron chi connectivity index (χ4n) is 3.35. The zero-order chi connectivity index (χ0) is 20.5. The number of ether oxygens (including phenoxy) is 2. The fraction of sp³-hybridized carbons (Fsp3) is 0.650. The first kappa shape index (κ1) is 22.4. The van der Waals surface area contributed by atoms with E-state index in [0.717, 1.165) is 38.4 Å². The molecule has 1 aliphatic heterocycles. The molecule has 158 valence electrons. The van der Waals surface area contributed by atoms with Crippen molar-refractivity contribution in [3.8, 4) is 5.75 Å². The highest BCUT2D eigenvalue weighted by Crippen LogP contribution is 2.22. The summed E-state index contributed by atoms with van der Waals surface area (Å²) in [5.74, 6) is 1.28. The largest absolute Gasteiger partial charge is 0.434 e. The average Bonchev–Trinajstić information content (AvgIpc) is 2.66. The van der Waals surface area contributed by atoms with Gasteiger partial charge in [-0.2, -0.15) is 8.78 Å². The summed E-state index contributed by atoms with van der Waals surface area (Å²) in [6, 6.07) is 5.52. The van der Waals surface area contributed by atoms with E-state index in [-0.39, 0.29) is 5.75 Å². The van der Waals surface area contributed by atoms with Crippen LogP contribution in [0, 0.1) is 12.8 Å². The van der Waals surface area contributed by atoms with E-state index in [1.807, 2.05) is 13.0 Å². The van der Waals surface area contributed by atoms with Gasteiger partial charge >= 0.3 is 6.61 Å². The Balaban J connectivity index is 1.94. The Morgan fingerprint density at radius 3 is 2.57 bits per heavy atom. The Morgan fingerprint density at radius 1 is 1.25 bits per heavy atom. The molecule has 1 aromatic carbocycles. The molecule has 1 saturated heterocycles. The number of hydrogen-bond acceptors (Lipinski definition) is 4. The third-order valence-electron chi connectivity index (χ3n) is 4.86. The first-order chi connectivity index (χ1) is 13.4. The van der Waals surface area contributed by atoms with Crippen LogP contribution < -0.4 is 15.4 Å². The monoisotopic (exact) mass is 398 g/mol. The number of nitrogens with zero attached hydrogens (tertiary/aromatic N) is 2. The predicted molar refractivity (Wildman–Crippen MR) is 107 cm³/mol. The number of morpholine rings is 1. The van der Waals surface area contributed by atoms with E-state index >= 15 is 0 Å². The Hall–Kier alpha value is -1.93. The first-order valence-electron chi connectivity index (χ1n) is 9.71. The summed E-state index contributed by atoms with van der Waals surface area (Å²) in [5, 5.41) is 6.56. The van der Waals surface area contributed by atoms with Crippen molar-refractivity contribution in [1.29, 1.82) is 0 Å². The van der Waals surface area contributed by atoms with Crippen molar-refractivity contribution in [2.45, 2.75) is 40.0 Å². The molecule has 6 nitrogen and oxygen atoms in total. The number of alkyl halides is 2. The van der Waals surface area contributed by atoms with Gasteiger partial charge in [-0.3, -0.25) is 9.89 Å². The van der Waals surface area contributed by atoms with Crippen LogP contribution in [0.15, 0.2) is 23.2 Å². The molecule has 8 heteroatoms. The van der Waals surface area contributed by atoms with Crippen LogP contribution >= 0.6 is 0 Å². The maximum absolute atomic E-state index is 12.6. The van der Waals surface area contributed by atoms with Crippen molar-refractivity contribution in [1.82, 2.24) is 15.5 Å². The van der Waals surface area contributed by atoms with Crippen LogP contribution in [-0.4, -0.2) is 63.4 Å². The van der Waals surface area contributed by atoms with Gasteiger partial charge < -0.3 is 20.1 Å². The van der Waals surface area contributed by atoms with Gasteiger partial charge in [-0.25, -0.2) is 0 Å². The van der Waals surface area contributed by atoms with Crippen LogP contribution in [-0.2, 0) is 11.3 Å². The first-order valence-corrected chi connectivity index (χ1v) is 9.71. The van der Waals surface area contributed by atoms with E-state index in [9.17, 15) is 8.78 Å². The van der Waals surface area contributed by atoms with Gasteiger partial charge in [0.05, 0.1) is 13.2 Å². The quantitative estimate of drug-likeness (QED) is 0.521. The lowest BCUT2D eigenvalue weighted by Crippen LogP contribution is -2.52. The lowest BCUT2D eigenvalue weighted by atomic mass is 10.0. The molecule has 1 aromatic rings. The second-order valence-electron chi connectivity index (χ2n) is 7.26. The van der Waals surface area contributed by atoms with Gasteiger partial charge in [0.1, 0.15) is 5.75 Å². The fourth-order valence-corrected chi connectivity index (χ4v) is 3.35. The van der Waals surface area contributed by atoms with Crippen LogP contribution in [0.5, 0.6) is 5.75 Å². The molecule has 0 aromatic heterocycles. The molecule has 2 rings (SSSR count). The lowest BCUT2D eigenvalue weighted by Gasteiger charge is -2.37. The molecule has 1 aliphatic rings. The van der Waals surface area contributed by atoms with E-state index in [2.05, 4.69) is 39.1 Å². The van der Waals surface area contributed by atoms with Crippen molar-refractivity contribution in [3.05, 3.63) is 29.3 Å². The number of benzene rings is 1. The normalized spacial score (nSPS) is 17.1. The van der Waals surface area contributed by atoms with Gasteiger partial charge in [-0.1, -0.05) is 31.5 Å². The molecule has 1 heterocycles. The van der Waals surface area contributed by atoms with Crippen LogP contribution in [0.3, 0.4) is 0 Å². The molecule has 28 heavy (non-hydrogen) atoms. The van der Waals surface area contributed by atoms with E-state index in [1.165, 1.54) is 0 Å². The molecular weight excluding hydrogens is 366 g/mol. The molecule has 2 N–H and O–H groups in total. The number of hydrogen-bond donors (Lipinski definition) is 2. The van der Waals surface area contributed by atoms with E-state index in [4.69, 9.17) is 4.74 Å². The topological polar surface area (TPSA) is 58.1 Å². The molecule has 1 fully saturated rings. The molecule has 0 spiro atoms. The van der Waals surface area contributed by atoms with E-state index in [0.29, 0.717) is 30.0 Å². The van der Waals surface area contributed by atoms with Gasteiger partial charge in [-0.05, 0) is 18.9 Å². The standard InChI is InChI=1S/C20H32F2N4O2/c1-14(2)17(26-7-9-27-10-8-26)13-25-20(23-4)24-12-16-11-15(3)5-6-18(16)28-19(21)22/h5-6,11,14,17,19H,7-10,12-13H2,1-4H3,(H2,23,24,25). The maximum atomic E-state index is 12.6. The second kappa shape index (κ2) is 11.2. The molecule has 1 unspecified atom stereocenters. The lowest BCUT2D eigenvalue weighted by molar-refractivity contribution is -0.0504. The zero-order valence-corrected chi connectivity index (χ0v) is 17.2. The highest BCUT2D eigenvalue weighted by Gasteiger charge is 2.24. The Labute approximate surface area is 166 Å². The van der Waals surface area contributed by atoms with Crippen molar-refractivity contribution in [2.75, 3.05) is 39.9 Å². The number of aliphatic imine (C=N–C) groups is 1. The summed E-state index contributed by atoms with van der Waals surface area (Å²) in [7, 11) is 1.70. The number of nitrogens with one attached hydrogen (secondary N) is 2. The summed E-state index contributed by atoms with van der Waals surface area (Å²) < 4.78 is 35.3. The van der Waals surface area contributed by atoms with Crippen LogP contribution in [0.2, 0.25) is 0 Å². The van der Waals surface area contributed by atoms with Gasteiger partial charge in [0, 0.05) is 44.8 Å². The van der Waals surface area contributed by atoms with Crippen molar-refractivity contribution in [3.63, 3.8) is 0 Å². The third kappa shape index (κ3) is 6.91. The highest BCUT2D eigenvalue weighted by atomic mass is 19.3. The number of rotatable bonds is 8. The minimum Gasteiger partial charge on any atom is -0.434 e. The van der Waals surface area contributed by atoms with E-state index in [1.54, 1.807) is 19.2 Å². The van der Waals surface area contributed by atoms with E-state index < -0.39 is 6.61 Å². The Bertz CT molecular complexity index is 635. The number of guanidine groups is 1. The molecule has 0 aliphatic carbocycles. The van der Waals surface area contributed by atoms with Crippen LogP contribution in [0.4, 0.5) is 8.78 Å². The Kier molecular flexibility index (Phi) is 8.92. The summed E-state index contributed by atoms with van der Waals surface area (Å²) in [4.78, 5) is 6.69. The smallest absolute Gasteiger partial charge is 0.387 e. The van der Waals surface area contributed by atoms with Crippen molar-refractivity contribution >= 4 is 5.96 Å². The number of aryl methyl sites for hydroxylation is 1. The molecule has 0 saturated carbocycles. The average molecular weight is 398 g/mol. The van der Waals surface area contributed by atoms with Gasteiger partial charge in [0.15, 0.2) is 5.96 Å². The Morgan fingerprint density at radius 2 is 1.96 bits per heavy atom. The zero-order valence-electron chi connectivity index (χ0n) is 17.2. The predicted octanol–water partition coefficient (Wildman–Crippen LogP) is 2.62. The molecule has 1 atom stereocenters. The summed E-state index contributed by atoms with van der Waals surface area (Å²) in [5.41, 5.74) is 1.64. The van der Waals surface area contributed by atoms with Gasteiger partial charge in [0.25, 0.3) is 0 Å². The van der Waals surface area contributed by atoms with Gasteiger partial charge in [0.2, 0.25) is 0 Å². The molecule has 0 radical (unpaired) electrons. The molecule has 0 amide bonds. The molecule has 0 bridgehead atoms. The van der Waals surface area contributed by atoms with Gasteiger partial charge in [-0.15, -0.1) is 0 Å². The highest BCUT2D eigenvalue weighted by molar-refractivity contribution is 5.79. The second-order valence-corrected chi connectivity index (χ2v) is 7.26. The third-order valence-corrected chi connectivity index (χ3v) is 4.86. The van der Waals surface area contributed by atoms with Crippen LogP contribution in [0.25, 0.3) is 0 Å². The summed E-state index contributed by atoms with van der Waals surface area (Å²) in [6.45, 7) is 7.93. The summed E-state index contributed by atoms with van der Waals surface area (Å²) in [6.07, 6.45) is 0.